The highest BCUT2D eigenvalue weighted by atomic mass is 19.3. The topological polar surface area (TPSA) is 9.23 Å². The van der Waals surface area contributed by atoms with Gasteiger partial charge in [0, 0.05) is 18.6 Å². The van der Waals surface area contributed by atoms with E-state index in [2.05, 4.69) is 0 Å². The Morgan fingerprint density at radius 1 is 1.33 bits per heavy atom. The van der Waals surface area contributed by atoms with Crippen molar-refractivity contribution in [2.24, 2.45) is 5.41 Å². The van der Waals surface area contributed by atoms with E-state index in [1.54, 1.807) is 0 Å². The highest BCUT2D eigenvalue weighted by molar-refractivity contribution is 4.90. The molecule has 1 aliphatic heterocycles. The molecule has 0 spiro atoms. The van der Waals surface area contributed by atoms with Crippen LogP contribution in [0.3, 0.4) is 0 Å². The summed E-state index contributed by atoms with van der Waals surface area (Å²) in [5, 5.41) is 0. The van der Waals surface area contributed by atoms with Gasteiger partial charge in [-0.2, -0.15) is 0 Å². The molecule has 0 saturated carbocycles. The first-order valence-electron chi connectivity index (χ1n) is 4.47. The fourth-order valence-corrected chi connectivity index (χ4v) is 1.87. The second kappa shape index (κ2) is 3.29. The highest BCUT2D eigenvalue weighted by Crippen LogP contribution is 2.46. The van der Waals surface area contributed by atoms with Gasteiger partial charge in [0.25, 0.3) is 5.92 Å². The molecule has 1 saturated heterocycles. The molecule has 1 aliphatic rings. The van der Waals surface area contributed by atoms with Crippen LogP contribution in [0, 0.1) is 5.41 Å². The Hall–Kier alpha value is -0.180. The SMILES string of the molecule is CCC1(C(C)(F)F)CCOCC1. The molecular formula is C9H16F2O. The minimum absolute atomic E-state index is 0.483. The van der Waals surface area contributed by atoms with Crippen molar-refractivity contribution in [3.63, 3.8) is 0 Å². The van der Waals surface area contributed by atoms with Crippen molar-refractivity contribution in [1.29, 1.82) is 0 Å². The molecule has 0 radical (unpaired) electrons. The zero-order valence-electron chi connectivity index (χ0n) is 7.70. The van der Waals surface area contributed by atoms with E-state index in [1.165, 1.54) is 0 Å². The molecule has 0 bridgehead atoms. The van der Waals surface area contributed by atoms with Crippen LogP contribution in [0.2, 0.25) is 0 Å². The van der Waals surface area contributed by atoms with Crippen molar-refractivity contribution in [1.82, 2.24) is 0 Å². The molecule has 12 heavy (non-hydrogen) atoms. The molecule has 1 nitrogen and oxygen atoms in total. The molecule has 0 aliphatic carbocycles. The lowest BCUT2D eigenvalue weighted by Gasteiger charge is -2.40. The van der Waals surface area contributed by atoms with Gasteiger partial charge in [-0.3, -0.25) is 0 Å². The van der Waals surface area contributed by atoms with E-state index >= 15 is 0 Å². The standard InChI is InChI=1S/C9H16F2O/c1-3-9(8(2,10)11)4-6-12-7-5-9/h3-7H2,1-2H3. The van der Waals surface area contributed by atoms with Gasteiger partial charge < -0.3 is 4.74 Å². The van der Waals surface area contributed by atoms with Crippen LogP contribution in [0.1, 0.15) is 33.1 Å². The van der Waals surface area contributed by atoms with E-state index in [0.29, 0.717) is 32.5 Å². The Balaban J connectivity index is 2.73. The van der Waals surface area contributed by atoms with Crippen molar-refractivity contribution in [2.45, 2.75) is 39.0 Å². The number of hydrogen-bond donors (Lipinski definition) is 0. The van der Waals surface area contributed by atoms with Crippen LogP contribution in [0.4, 0.5) is 8.78 Å². The van der Waals surface area contributed by atoms with Gasteiger partial charge in [0.1, 0.15) is 0 Å². The van der Waals surface area contributed by atoms with Gasteiger partial charge in [0.05, 0.1) is 0 Å². The number of alkyl halides is 2. The first-order chi connectivity index (χ1) is 5.52. The summed E-state index contributed by atoms with van der Waals surface area (Å²) in [6.07, 6.45) is 1.53. The van der Waals surface area contributed by atoms with Crippen LogP contribution >= 0.6 is 0 Å². The van der Waals surface area contributed by atoms with Crippen molar-refractivity contribution >= 4 is 0 Å². The van der Waals surface area contributed by atoms with Gasteiger partial charge in [-0.25, -0.2) is 8.78 Å². The maximum absolute atomic E-state index is 13.2. The van der Waals surface area contributed by atoms with Crippen LogP contribution in [0.5, 0.6) is 0 Å². The fourth-order valence-electron chi connectivity index (χ4n) is 1.87. The summed E-state index contributed by atoms with van der Waals surface area (Å²) in [4.78, 5) is 0. The summed E-state index contributed by atoms with van der Waals surface area (Å²) in [6.45, 7) is 3.83. The second-order valence-electron chi connectivity index (χ2n) is 3.63. The van der Waals surface area contributed by atoms with E-state index in [9.17, 15) is 8.78 Å². The number of halogens is 2. The summed E-state index contributed by atoms with van der Waals surface area (Å²) < 4.78 is 31.5. The van der Waals surface area contributed by atoms with E-state index in [0.717, 1.165) is 6.92 Å². The Bertz CT molecular complexity index is 145. The third-order valence-electron chi connectivity index (χ3n) is 3.06. The van der Waals surface area contributed by atoms with Crippen LogP contribution in [0.15, 0.2) is 0 Å². The smallest absolute Gasteiger partial charge is 0.251 e. The van der Waals surface area contributed by atoms with Gasteiger partial charge in [-0.05, 0) is 26.2 Å². The highest BCUT2D eigenvalue weighted by Gasteiger charge is 2.48. The molecular weight excluding hydrogens is 162 g/mol. The van der Waals surface area contributed by atoms with Crippen LogP contribution in [-0.2, 0) is 4.74 Å². The molecule has 0 atom stereocenters. The van der Waals surface area contributed by atoms with E-state index in [1.807, 2.05) is 6.92 Å². The first-order valence-corrected chi connectivity index (χ1v) is 4.47. The third kappa shape index (κ3) is 1.60. The van der Waals surface area contributed by atoms with Gasteiger partial charge in [0.2, 0.25) is 0 Å². The minimum atomic E-state index is -2.56. The molecule has 3 heteroatoms. The van der Waals surface area contributed by atoms with Crippen LogP contribution in [0.25, 0.3) is 0 Å². The monoisotopic (exact) mass is 178 g/mol. The number of rotatable bonds is 2. The Morgan fingerprint density at radius 2 is 1.83 bits per heavy atom. The summed E-state index contributed by atoms with van der Waals surface area (Å²) >= 11 is 0. The third-order valence-corrected chi connectivity index (χ3v) is 3.06. The van der Waals surface area contributed by atoms with Gasteiger partial charge >= 0.3 is 0 Å². The lowest BCUT2D eigenvalue weighted by Crippen LogP contribution is -2.43. The van der Waals surface area contributed by atoms with E-state index in [-0.39, 0.29) is 0 Å². The molecule has 72 valence electrons. The summed E-state index contributed by atoms with van der Waals surface area (Å²) in [5.41, 5.74) is -0.800. The van der Waals surface area contributed by atoms with Crippen molar-refractivity contribution in [3.8, 4) is 0 Å². The Morgan fingerprint density at radius 3 is 2.08 bits per heavy atom. The lowest BCUT2D eigenvalue weighted by atomic mass is 9.73. The molecule has 0 amide bonds. The minimum Gasteiger partial charge on any atom is -0.381 e. The van der Waals surface area contributed by atoms with Crippen molar-refractivity contribution in [2.75, 3.05) is 13.2 Å². The second-order valence-corrected chi connectivity index (χ2v) is 3.63. The van der Waals surface area contributed by atoms with Crippen molar-refractivity contribution < 1.29 is 13.5 Å². The molecule has 1 heterocycles. The Labute approximate surface area is 72.1 Å². The van der Waals surface area contributed by atoms with Crippen LogP contribution < -0.4 is 0 Å². The number of hydrogen-bond acceptors (Lipinski definition) is 1. The molecule has 0 unspecified atom stereocenters. The summed E-state index contributed by atoms with van der Waals surface area (Å²) in [7, 11) is 0. The van der Waals surface area contributed by atoms with E-state index in [4.69, 9.17) is 4.74 Å². The molecule has 1 fully saturated rings. The maximum Gasteiger partial charge on any atom is 0.251 e. The predicted octanol–water partition coefficient (Wildman–Crippen LogP) is 2.85. The van der Waals surface area contributed by atoms with Crippen molar-refractivity contribution in [3.05, 3.63) is 0 Å². The largest absolute Gasteiger partial charge is 0.381 e. The van der Waals surface area contributed by atoms with Crippen LogP contribution in [-0.4, -0.2) is 19.1 Å². The molecule has 0 aromatic carbocycles. The zero-order valence-corrected chi connectivity index (χ0v) is 7.70. The molecule has 0 aromatic heterocycles. The van der Waals surface area contributed by atoms with Gasteiger partial charge in [-0.1, -0.05) is 6.92 Å². The fraction of sp³-hybridized carbons (Fsp3) is 1.00. The zero-order chi connectivity index (χ0) is 9.24. The average Bonchev–Trinajstić information content (AvgIpc) is 2.04. The summed E-state index contributed by atoms with van der Waals surface area (Å²) in [5.74, 6) is -2.56. The quantitative estimate of drug-likeness (QED) is 0.631. The van der Waals surface area contributed by atoms with Gasteiger partial charge in [-0.15, -0.1) is 0 Å². The molecule has 0 aromatic rings. The summed E-state index contributed by atoms with van der Waals surface area (Å²) in [6, 6.07) is 0. The Kier molecular flexibility index (Phi) is 2.71. The lowest BCUT2D eigenvalue weighted by molar-refractivity contribution is -0.152. The normalized spacial score (nSPS) is 24.0. The predicted molar refractivity (Wildman–Crippen MR) is 43.4 cm³/mol. The van der Waals surface area contributed by atoms with E-state index < -0.39 is 11.3 Å². The maximum atomic E-state index is 13.2. The number of ether oxygens (including phenoxy) is 1. The first kappa shape index (κ1) is 9.90. The molecule has 0 N–H and O–H groups in total. The molecule has 1 rings (SSSR count). The van der Waals surface area contributed by atoms with Gasteiger partial charge in [0.15, 0.2) is 0 Å². The average molecular weight is 178 g/mol.